The third kappa shape index (κ3) is 2.23. The van der Waals surface area contributed by atoms with Gasteiger partial charge in [0, 0.05) is 25.6 Å². The highest BCUT2D eigenvalue weighted by Crippen LogP contribution is 2.45. The Morgan fingerprint density at radius 3 is 3.04 bits per heavy atom. The highest BCUT2D eigenvalue weighted by atomic mass is 16.5. The molecule has 4 rings (SSSR count). The van der Waals surface area contributed by atoms with Crippen LogP contribution in [0.2, 0.25) is 0 Å². The van der Waals surface area contributed by atoms with E-state index in [4.69, 9.17) is 14.2 Å². The van der Waals surface area contributed by atoms with E-state index in [0.29, 0.717) is 44.0 Å². The minimum absolute atomic E-state index is 0.0616. The van der Waals surface area contributed by atoms with Gasteiger partial charge >= 0.3 is 0 Å². The Morgan fingerprint density at radius 2 is 2.21 bits per heavy atom. The number of benzene rings is 1. The smallest absolute Gasteiger partial charge is 0.260 e. The van der Waals surface area contributed by atoms with Crippen LogP contribution in [0.25, 0.3) is 0 Å². The van der Waals surface area contributed by atoms with E-state index in [-0.39, 0.29) is 24.5 Å². The van der Waals surface area contributed by atoms with Crippen LogP contribution in [-0.4, -0.2) is 66.8 Å². The molecule has 1 spiro atoms. The molecule has 7 heteroatoms. The molecule has 1 aromatic carbocycles. The lowest BCUT2D eigenvalue weighted by molar-refractivity contribution is -0.140. The summed E-state index contributed by atoms with van der Waals surface area (Å²) in [4.78, 5) is 28.3. The largest absolute Gasteiger partial charge is 0.497 e. The van der Waals surface area contributed by atoms with Crippen molar-refractivity contribution in [1.29, 1.82) is 0 Å². The van der Waals surface area contributed by atoms with Gasteiger partial charge < -0.3 is 24.0 Å². The summed E-state index contributed by atoms with van der Waals surface area (Å²) >= 11 is 0. The van der Waals surface area contributed by atoms with Gasteiger partial charge in [-0.2, -0.15) is 0 Å². The first-order chi connectivity index (χ1) is 11.6. The number of methoxy groups -OCH3 is 1. The van der Waals surface area contributed by atoms with E-state index in [1.165, 1.54) is 0 Å². The highest BCUT2D eigenvalue weighted by Gasteiger charge is 2.62. The molecular formula is C17H20N2O5. The number of amides is 2. The monoisotopic (exact) mass is 332 g/mol. The molecule has 3 saturated heterocycles. The fourth-order valence-corrected chi connectivity index (χ4v) is 4.01. The second-order valence-corrected chi connectivity index (χ2v) is 6.26. The van der Waals surface area contributed by atoms with Crippen molar-refractivity contribution in [1.82, 2.24) is 9.80 Å². The van der Waals surface area contributed by atoms with Crippen LogP contribution < -0.4 is 9.47 Å². The summed E-state index contributed by atoms with van der Waals surface area (Å²) in [6.45, 7) is 1.70. The van der Waals surface area contributed by atoms with E-state index in [0.717, 1.165) is 0 Å². The van der Waals surface area contributed by atoms with Crippen molar-refractivity contribution in [2.75, 3.05) is 33.4 Å². The number of hydrogen-bond donors (Lipinski definition) is 0. The Kier molecular flexibility index (Phi) is 3.60. The first kappa shape index (κ1) is 15.3. The van der Waals surface area contributed by atoms with Crippen molar-refractivity contribution in [3.8, 4) is 11.5 Å². The van der Waals surface area contributed by atoms with Gasteiger partial charge in [-0.25, -0.2) is 0 Å². The van der Waals surface area contributed by atoms with Crippen LogP contribution in [-0.2, 0) is 14.3 Å². The first-order valence-electron chi connectivity index (χ1n) is 8.15. The van der Waals surface area contributed by atoms with Gasteiger partial charge in [-0.15, -0.1) is 0 Å². The molecule has 7 nitrogen and oxygen atoms in total. The summed E-state index contributed by atoms with van der Waals surface area (Å²) in [5.74, 6) is 1.21. The summed E-state index contributed by atoms with van der Waals surface area (Å²) in [5, 5.41) is 0. The molecule has 0 saturated carbocycles. The molecule has 0 bridgehead atoms. The number of likely N-dealkylation sites (tertiary alicyclic amines) is 1. The summed E-state index contributed by atoms with van der Waals surface area (Å²) in [6, 6.07) is 6.94. The average molecular weight is 332 g/mol. The van der Waals surface area contributed by atoms with Crippen molar-refractivity contribution in [2.24, 2.45) is 0 Å². The number of ether oxygens (including phenoxy) is 3. The second kappa shape index (κ2) is 5.66. The molecule has 0 N–H and O–H groups in total. The van der Waals surface area contributed by atoms with Gasteiger partial charge in [-0.3, -0.25) is 9.59 Å². The van der Waals surface area contributed by atoms with Gasteiger partial charge in [0.2, 0.25) is 5.91 Å². The molecule has 0 aliphatic carbocycles. The average Bonchev–Trinajstić information content (AvgIpc) is 3.24. The Hall–Kier alpha value is -2.28. The molecule has 1 aromatic rings. The van der Waals surface area contributed by atoms with Gasteiger partial charge in [0.1, 0.15) is 11.5 Å². The van der Waals surface area contributed by atoms with Gasteiger partial charge in [0.15, 0.2) is 12.3 Å². The first-order valence-corrected chi connectivity index (χ1v) is 8.15. The third-order valence-corrected chi connectivity index (χ3v) is 5.12. The van der Waals surface area contributed by atoms with E-state index >= 15 is 0 Å². The fourth-order valence-electron chi connectivity index (χ4n) is 4.01. The number of nitrogens with zero attached hydrogens (tertiary/aromatic N) is 2. The summed E-state index contributed by atoms with van der Waals surface area (Å²) in [6.07, 6.45) is 1.01. The van der Waals surface area contributed by atoms with Gasteiger partial charge in [-0.05, 0) is 12.1 Å². The molecule has 0 aromatic heterocycles. The molecule has 128 valence electrons. The minimum atomic E-state index is -0.595. The summed E-state index contributed by atoms with van der Waals surface area (Å²) in [7, 11) is 1.58. The lowest BCUT2D eigenvalue weighted by Gasteiger charge is -2.31. The van der Waals surface area contributed by atoms with Gasteiger partial charge in [-0.1, -0.05) is 6.07 Å². The molecule has 2 atom stereocenters. The van der Waals surface area contributed by atoms with E-state index in [1.807, 2.05) is 12.1 Å². The highest BCUT2D eigenvalue weighted by molar-refractivity contribution is 5.85. The molecule has 3 heterocycles. The van der Waals surface area contributed by atoms with Crippen molar-refractivity contribution < 1.29 is 23.8 Å². The maximum absolute atomic E-state index is 12.6. The number of carbonyl (C=O) groups excluding carboxylic acids is 2. The van der Waals surface area contributed by atoms with Gasteiger partial charge in [0.25, 0.3) is 5.91 Å². The van der Waals surface area contributed by atoms with Crippen LogP contribution in [0.5, 0.6) is 11.5 Å². The molecule has 2 amide bonds. The standard InChI is InChI=1S/C17H20N2O5/c1-22-12-3-2-4-13(9-12)23-11-16(21)18-6-5-17-14(18)10-15(20)19(17)7-8-24-17/h2-4,9,14H,5-8,10-11H2,1H3/t14-,17+/m1/s1. The Labute approximate surface area is 140 Å². The molecule has 0 unspecified atom stereocenters. The predicted molar refractivity (Wildman–Crippen MR) is 83.6 cm³/mol. The van der Waals surface area contributed by atoms with Crippen molar-refractivity contribution in [3.63, 3.8) is 0 Å². The molecule has 24 heavy (non-hydrogen) atoms. The Balaban J connectivity index is 1.43. The van der Waals surface area contributed by atoms with E-state index in [9.17, 15) is 9.59 Å². The second-order valence-electron chi connectivity index (χ2n) is 6.26. The van der Waals surface area contributed by atoms with Crippen LogP contribution in [0.15, 0.2) is 24.3 Å². The van der Waals surface area contributed by atoms with Crippen LogP contribution in [0.4, 0.5) is 0 Å². The maximum Gasteiger partial charge on any atom is 0.260 e. The lowest BCUT2D eigenvalue weighted by Crippen LogP contribution is -2.49. The summed E-state index contributed by atoms with van der Waals surface area (Å²) in [5.41, 5.74) is -0.595. The predicted octanol–water partition coefficient (Wildman–Crippen LogP) is 0.634. The molecular weight excluding hydrogens is 312 g/mol. The molecule has 3 fully saturated rings. The van der Waals surface area contributed by atoms with Crippen LogP contribution >= 0.6 is 0 Å². The zero-order valence-electron chi connectivity index (χ0n) is 13.6. The quantitative estimate of drug-likeness (QED) is 0.809. The topological polar surface area (TPSA) is 68.3 Å². The van der Waals surface area contributed by atoms with Gasteiger partial charge in [0.05, 0.1) is 26.2 Å². The number of rotatable bonds is 4. The van der Waals surface area contributed by atoms with Crippen LogP contribution in [0, 0.1) is 0 Å². The van der Waals surface area contributed by atoms with Crippen molar-refractivity contribution >= 4 is 11.8 Å². The molecule has 3 aliphatic rings. The maximum atomic E-state index is 12.6. The number of carbonyl (C=O) groups is 2. The third-order valence-electron chi connectivity index (χ3n) is 5.12. The minimum Gasteiger partial charge on any atom is -0.497 e. The van der Waals surface area contributed by atoms with Crippen LogP contribution in [0.1, 0.15) is 12.8 Å². The van der Waals surface area contributed by atoms with Crippen LogP contribution in [0.3, 0.4) is 0 Å². The SMILES string of the molecule is COc1cccc(OCC(=O)N2CC[C@@]34OCCN3C(=O)C[C@@H]24)c1. The normalized spacial score (nSPS) is 28.0. The lowest BCUT2D eigenvalue weighted by atomic mass is 10.1. The Bertz CT molecular complexity index is 679. The zero-order chi connectivity index (χ0) is 16.7. The fraction of sp³-hybridized carbons (Fsp3) is 0.529. The molecule has 0 radical (unpaired) electrons. The van der Waals surface area contributed by atoms with E-state index in [2.05, 4.69) is 0 Å². The van der Waals surface area contributed by atoms with Crippen molar-refractivity contribution in [2.45, 2.75) is 24.6 Å². The molecule has 3 aliphatic heterocycles. The number of hydrogen-bond acceptors (Lipinski definition) is 5. The Morgan fingerprint density at radius 1 is 1.38 bits per heavy atom. The summed E-state index contributed by atoms with van der Waals surface area (Å²) < 4.78 is 16.6. The van der Waals surface area contributed by atoms with E-state index in [1.54, 1.807) is 29.0 Å². The van der Waals surface area contributed by atoms with E-state index < -0.39 is 5.72 Å². The zero-order valence-corrected chi connectivity index (χ0v) is 13.6. The van der Waals surface area contributed by atoms with Crippen molar-refractivity contribution in [3.05, 3.63) is 24.3 Å².